The molecule has 11 heteroatoms. The van der Waals surface area contributed by atoms with Crippen molar-refractivity contribution in [2.24, 2.45) is 5.41 Å². The van der Waals surface area contributed by atoms with Crippen LogP contribution in [-0.2, 0) is 39.1 Å². The van der Waals surface area contributed by atoms with Crippen LogP contribution in [0.4, 0.5) is 0 Å². The van der Waals surface area contributed by atoms with Gasteiger partial charge in [-0.3, -0.25) is 9.59 Å². The van der Waals surface area contributed by atoms with E-state index in [2.05, 4.69) is 22.0 Å². The highest BCUT2D eigenvalue weighted by Gasteiger charge is 2.81. The number of benzene rings is 1. The Balaban J connectivity index is 1.84. The highest BCUT2D eigenvalue weighted by atomic mass is 79.9. The minimum absolute atomic E-state index is 0.0691. The highest BCUT2D eigenvalue weighted by Crippen LogP contribution is 2.67. The van der Waals surface area contributed by atoms with E-state index in [9.17, 15) is 14.9 Å². The molecule has 4 heterocycles. The van der Waals surface area contributed by atoms with Crippen LogP contribution in [0.3, 0.4) is 0 Å². The van der Waals surface area contributed by atoms with Crippen LogP contribution < -0.4 is 9.47 Å². The van der Waals surface area contributed by atoms with Crippen LogP contribution >= 0.6 is 15.9 Å². The van der Waals surface area contributed by atoms with E-state index in [-0.39, 0.29) is 25.0 Å². The van der Waals surface area contributed by atoms with Crippen LogP contribution in [0, 0.1) is 16.7 Å². The summed E-state index contributed by atoms with van der Waals surface area (Å²) in [7, 11) is 1.99. The number of hydrogen-bond donors (Lipinski definition) is 0. The van der Waals surface area contributed by atoms with E-state index >= 15 is 0 Å². The molecule has 1 aromatic rings. The average Bonchev–Trinajstić information content (AvgIpc) is 3.35. The van der Waals surface area contributed by atoms with Gasteiger partial charge in [0.1, 0.15) is 0 Å². The van der Waals surface area contributed by atoms with Gasteiger partial charge in [-0.15, -0.1) is 0 Å². The first-order valence-corrected chi connectivity index (χ1v) is 13.1. The van der Waals surface area contributed by atoms with E-state index in [1.165, 1.54) is 4.90 Å². The third kappa shape index (κ3) is 1.95. The first kappa shape index (κ1) is 19.5. The van der Waals surface area contributed by atoms with Crippen molar-refractivity contribution in [2.45, 2.75) is 36.1 Å². The van der Waals surface area contributed by atoms with Crippen LogP contribution in [-0.4, -0.2) is 45.2 Å². The molecular formula is C18H16BrN3O4S3. The average molecular weight is 514 g/mol. The smallest absolute Gasteiger partial charge is 0.261 e. The van der Waals surface area contributed by atoms with E-state index in [1.807, 2.05) is 6.07 Å². The van der Waals surface area contributed by atoms with Crippen LogP contribution in [0.2, 0.25) is 0 Å². The van der Waals surface area contributed by atoms with Gasteiger partial charge in [0.2, 0.25) is 6.79 Å². The molecule has 0 saturated carbocycles. The molecule has 0 aromatic heterocycles. The van der Waals surface area contributed by atoms with Crippen molar-refractivity contribution < 1.29 is 19.1 Å². The first-order chi connectivity index (χ1) is 13.7. The first-order valence-electron chi connectivity index (χ1n) is 8.84. The molecule has 5 atom stereocenters. The van der Waals surface area contributed by atoms with E-state index in [4.69, 9.17) is 20.7 Å². The summed E-state index contributed by atoms with van der Waals surface area (Å²) in [6.45, 7) is 3.66. The zero-order chi connectivity index (χ0) is 20.9. The maximum atomic E-state index is 13.8. The molecular weight excluding hydrogens is 498 g/mol. The maximum Gasteiger partial charge on any atom is 0.261 e. The lowest BCUT2D eigenvalue weighted by atomic mass is 9.79. The Morgan fingerprint density at radius 3 is 2.72 bits per heavy atom. The number of rotatable bonds is 1. The number of halogens is 1. The van der Waals surface area contributed by atoms with Gasteiger partial charge in [-0.25, -0.2) is 0 Å². The summed E-state index contributed by atoms with van der Waals surface area (Å²) in [6.07, 6.45) is 0.232. The Bertz CT molecular complexity index is 1130. The van der Waals surface area contributed by atoms with Gasteiger partial charge in [-0.1, -0.05) is 15.9 Å². The maximum absolute atomic E-state index is 13.8. The Hall–Kier alpha value is -1.48. The molecule has 2 amide bonds. The van der Waals surface area contributed by atoms with Crippen molar-refractivity contribution in [1.29, 1.82) is 5.26 Å². The summed E-state index contributed by atoms with van der Waals surface area (Å²) < 4.78 is 12.0. The van der Waals surface area contributed by atoms with Crippen LogP contribution in [0.25, 0.3) is 0 Å². The Labute approximate surface area is 185 Å². The summed E-state index contributed by atoms with van der Waals surface area (Å²) in [4.78, 5) is 28.3. The van der Waals surface area contributed by atoms with Gasteiger partial charge in [0.25, 0.3) is 11.8 Å². The number of piperazine rings is 1. The number of ether oxygens (including phenoxy) is 2. The second-order valence-electron chi connectivity index (χ2n) is 7.95. The van der Waals surface area contributed by atoms with E-state index < -0.39 is 30.7 Å². The summed E-state index contributed by atoms with van der Waals surface area (Å²) in [5, 5.41) is 10.2. The molecule has 1 aromatic carbocycles. The lowest BCUT2D eigenvalue weighted by molar-refractivity contribution is -0.159. The molecule has 3 saturated heterocycles. The molecule has 5 rings (SSSR count). The van der Waals surface area contributed by atoms with Crippen LogP contribution in [0.1, 0.15) is 31.9 Å². The van der Waals surface area contributed by atoms with Gasteiger partial charge in [0.05, 0.1) is 17.5 Å². The normalized spacial score (nSPS) is 39.1. The van der Waals surface area contributed by atoms with Crippen LogP contribution in [0.5, 0.6) is 11.5 Å². The number of carbonyl (C=O) groups excluding carboxylic acids is 2. The molecule has 5 unspecified atom stereocenters. The minimum atomic E-state index is -1.12. The quantitative estimate of drug-likeness (QED) is 0.570. The summed E-state index contributed by atoms with van der Waals surface area (Å²) in [5.74, 6) is 0.751. The standard InChI is InChI=1S/C18H16BrN3O4S3/c1-16(7-20)6-18-15(24)21(3)17(2,29(18)28-27)14(23)22(18)13(16)11-9(19)4-5-10-12(11)26-8-25-10/h4-5,13H,6,8H2,1-3H3. The topological polar surface area (TPSA) is 82.9 Å². The molecule has 0 radical (unpaired) electrons. The van der Waals surface area contributed by atoms with Gasteiger partial charge >= 0.3 is 0 Å². The molecule has 29 heavy (non-hydrogen) atoms. The van der Waals surface area contributed by atoms with Crippen molar-refractivity contribution in [3.63, 3.8) is 0 Å². The van der Waals surface area contributed by atoms with Crippen molar-refractivity contribution in [2.75, 3.05) is 13.8 Å². The Morgan fingerprint density at radius 1 is 1.34 bits per heavy atom. The van der Waals surface area contributed by atoms with Crippen molar-refractivity contribution >= 4 is 57.3 Å². The number of carbonyl (C=O) groups is 2. The van der Waals surface area contributed by atoms with E-state index in [1.54, 1.807) is 31.9 Å². The Morgan fingerprint density at radius 2 is 2.07 bits per heavy atom. The van der Waals surface area contributed by atoms with Crippen LogP contribution in [0.15, 0.2) is 16.6 Å². The molecule has 3 fully saturated rings. The fourth-order valence-electron chi connectivity index (χ4n) is 5.12. The predicted molar refractivity (Wildman–Crippen MR) is 114 cm³/mol. The summed E-state index contributed by atoms with van der Waals surface area (Å²) in [6, 6.07) is 5.35. The van der Waals surface area contributed by atoms with Gasteiger partial charge in [0.15, 0.2) is 21.2 Å². The predicted octanol–water partition coefficient (Wildman–Crippen LogP) is 1.96. The number of fused-ring (bicyclic) bond motifs is 2. The zero-order valence-corrected chi connectivity index (χ0v) is 19.8. The third-order valence-corrected chi connectivity index (χ3v) is 13.1. The number of amides is 2. The molecule has 7 nitrogen and oxygen atoms in total. The third-order valence-electron chi connectivity index (χ3n) is 6.54. The Kier molecular flexibility index (Phi) is 3.90. The molecule has 152 valence electrons. The lowest BCUT2D eigenvalue weighted by Gasteiger charge is -2.40. The monoisotopic (exact) mass is 513 g/mol. The SMILES string of the molecule is CN1C(=O)C23CC(C)(C#N)C(c4c(Br)ccc5c4OCO5)N2C(=O)C1(C)S3=S=S. The molecule has 0 N–H and O–H groups in total. The minimum Gasteiger partial charge on any atom is -0.454 e. The summed E-state index contributed by atoms with van der Waals surface area (Å²) >= 11 is 8.94. The van der Waals surface area contributed by atoms with Gasteiger partial charge in [0, 0.05) is 23.5 Å². The number of nitriles is 1. The largest absolute Gasteiger partial charge is 0.454 e. The fraction of sp³-hybridized carbons (Fsp3) is 0.500. The second kappa shape index (κ2) is 5.81. The highest BCUT2D eigenvalue weighted by molar-refractivity contribution is 9.10. The molecule has 2 bridgehead atoms. The molecule has 0 aliphatic carbocycles. The van der Waals surface area contributed by atoms with Crippen molar-refractivity contribution in [3.05, 3.63) is 22.2 Å². The summed E-state index contributed by atoms with van der Waals surface area (Å²) in [5.41, 5.74) is -0.337. The van der Waals surface area contributed by atoms with E-state index in [0.29, 0.717) is 21.5 Å². The fourth-order valence-corrected chi connectivity index (χ4v) is 12.4. The number of hydrogen-bond acceptors (Lipinski definition) is 6. The number of likely N-dealkylation sites (N-methyl/N-ethyl adjacent to an activating group) is 1. The second-order valence-corrected chi connectivity index (χ2v) is 13.6. The lowest BCUT2D eigenvalue weighted by Crippen LogP contribution is -2.60. The zero-order valence-electron chi connectivity index (χ0n) is 15.7. The molecule has 1 spiro atoms. The molecule has 4 aliphatic heterocycles. The van der Waals surface area contributed by atoms with Gasteiger partial charge in [-0.05, 0) is 55.5 Å². The van der Waals surface area contributed by atoms with E-state index in [0.717, 1.165) is 8.88 Å². The van der Waals surface area contributed by atoms with Crippen molar-refractivity contribution in [3.8, 4) is 17.6 Å². The number of nitrogens with zero attached hydrogens (tertiary/aromatic N) is 3. The molecule has 4 aliphatic rings. The van der Waals surface area contributed by atoms with Gasteiger partial charge in [-0.2, -0.15) is 5.26 Å². The van der Waals surface area contributed by atoms with Gasteiger partial charge < -0.3 is 19.3 Å². The van der Waals surface area contributed by atoms with Crippen molar-refractivity contribution in [1.82, 2.24) is 9.80 Å².